The smallest absolute Gasteiger partial charge is 0.159 e. The van der Waals surface area contributed by atoms with Crippen molar-refractivity contribution in [2.24, 2.45) is 0 Å². The lowest BCUT2D eigenvalue weighted by molar-refractivity contribution is 0.632. The van der Waals surface area contributed by atoms with Gasteiger partial charge in [0.15, 0.2) is 5.82 Å². The molecular formula is C37H29N3. The van der Waals surface area contributed by atoms with Gasteiger partial charge in [-0.05, 0) is 58.1 Å². The van der Waals surface area contributed by atoms with Gasteiger partial charge < -0.3 is 4.90 Å². The number of fused-ring (bicyclic) bond motifs is 2. The Morgan fingerprint density at radius 2 is 1.00 bits per heavy atom. The summed E-state index contributed by atoms with van der Waals surface area (Å²) in [5, 5.41) is 0. The fourth-order valence-corrected chi connectivity index (χ4v) is 6.07. The van der Waals surface area contributed by atoms with E-state index in [0.717, 1.165) is 22.6 Å². The van der Waals surface area contributed by atoms with Crippen molar-refractivity contribution in [2.75, 3.05) is 4.90 Å². The second-order valence-corrected chi connectivity index (χ2v) is 10.7. The van der Waals surface area contributed by atoms with E-state index < -0.39 is 0 Å². The van der Waals surface area contributed by atoms with E-state index in [-0.39, 0.29) is 5.41 Å². The number of aromatic nitrogens is 2. The van der Waals surface area contributed by atoms with Gasteiger partial charge in [-0.1, -0.05) is 111 Å². The molecule has 1 aliphatic rings. The molecule has 40 heavy (non-hydrogen) atoms. The second-order valence-electron chi connectivity index (χ2n) is 10.7. The van der Waals surface area contributed by atoms with Crippen molar-refractivity contribution < 1.29 is 0 Å². The van der Waals surface area contributed by atoms with Gasteiger partial charge in [0.25, 0.3) is 0 Å². The Hall–Kier alpha value is -5.02. The number of rotatable bonds is 4. The van der Waals surface area contributed by atoms with Crippen LogP contribution < -0.4 is 4.90 Å². The number of benzene rings is 5. The van der Waals surface area contributed by atoms with Gasteiger partial charge in [-0.25, -0.2) is 9.97 Å². The summed E-state index contributed by atoms with van der Waals surface area (Å²) in [7, 11) is 0. The third kappa shape index (κ3) is 3.90. The number of hydrogen-bond donors (Lipinski definition) is 0. The summed E-state index contributed by atoms with van der Waals surface area (Å²) >= 11 is 0. The van der Waals surface area contributed by atoms with Crippen LogP contribution in [0.15, 0.2) is 140 Å². The zero-order chi connectivity index (χ0) is 27.1. The summed E-state index contributed by atoms with van der Waals surface area (Å²) in [5.74, 6) is 0.728. The normalized spacial score (nSPS) is 13.4. The highest BCUT2D eigenvalue weighted by atomic mass is 15.2. The zero-order valence-electron chi connectivity index (χ0n) is 22.6. The Morgan fingerprint density at radius 1 is 0.475 bits per heavy atom. The van der Waals surface area contributed by atoms with E-state index in [0.29, 0.717) is 0 Å². The topological polar surface area (TPSA) is 29.0 Å². The van der Waals surface area contributed by atoms with E-state index in [1.807, 2.05) is 6.07 Å². The molecule has 0 amide bonds. The molecule has 0 spiro atoms. The van der Waals surface area contributed by atoms with Crippen LogP contribution in [0, 0.1) is 0 Å². The maximum atomic E-state index is 4.48. The molecule has 6 aromatic rings. The van der Waals surface area contributed by atoms with Crippen LogP contribution in [0.3, 0.4) is 0 Å². The molecule has 0 fully saturated rings. The first kappa shape index (κ1) is 24.1. The molecule has 0 unspecified atom stereocenters. The van der Waals surface area contributed by atoms with E-state index in [1.165, 1.54) is 39.2 Å². The molecule has 2 heterocycles. The number of anilines is 3. The van der Waals surface area contributed by atoms with Crippen LogP contribution in [-0.4, -0.2) is 9.97 Å². The van der Waals surface area contributed by atoms with Crippen molar-refractivity contribution in [1.29, 1.82) is 0 Å². The van der Waals surface area contributed by atoms with Crippen LogP contribution in [0.2, 0.25) is 0 Å². The minimum absolute atomic E-state index is 0.101. The molecule has 0 N–H and O–H groups in total. The predicted octanol–water partition coefficient (Wildman–Crippen LogP) is 9.59. The maximum Gasteiger partial charge on any atom is 0.159 e. The molecule has 1 aliphatic heterocycles. The minimum atomic E-state index is -0.101. The van der Waals surface area contributed by atoms with Crippen LogP contribution in [0.5, 0.6) is 0 Å². The minimum Gasteiger partial charge on any atom is -0.309 e. The highest BCUT2D eigenvalue weighted by Crippen LogP contribution is 2.53. The van der Waals surface area contributed by atoms with Crippen LogP contribution in [-0.2, 0) is 5.41 Å². The Balaban J connectivity index is 1.43. The molecule has 0 aliphatic carbocycles. The lowest BCUT2D eigenvalue weighted by Crippen LogP contribution is -2.30. The monoisotopic (exact) mass is 515 g/mol. The average Bonchev–Trinajstić information content (AvgIpc) is 3.02. The Morgan fingerprint density at radius 3 is 1.68 bits per heavy atom. The van der Waals surface area contributed by atoms with Crippen molar-refractivity contribution >= 4 is 17.1 Å². The number of nitrogens with zero attached hydrogens (tertiary/aromatic N) is 3. The third-order valence-electron chi connectivity index (χ3n) is 8.00. The Kier molecular flexibility index (Phi) is 5.78. The molecule has 0 saturated heterocycles. The first-order chi connectivity index (χ1) is 19.6. The Labute approximate surface area is 235 Å². The lowest BCUT2D eigenvalue weighted by Gasteiger charge is -2.42. The average molecular weight is 516 g/mol. The van der Waals surface area contributed by atoms with Gasteiger partial charge in [0.05, 0.1) is 17.1 Å². The van der Waals surface area contributed by atoms with Gasteiger partial charge in [-0.3, -0.25) is 0 Å². The lowest BCUT2D eigenvalue weighted by atomic mass is 9.73. The van der Waals surface area contributed by atoms with Gasteiger partial charge in [-0.2, -0.15) is 0 Å². The first-order valence-corrected chi connectivity index (χ1v) is 13.7. The van der Waals surface area contributed by atoms with Crippen molar-refractivity contribution in [3.63, 3.8) is 0 Å². The Bertz CT molecular complexity index is 1790. The molecule has 3 nitrogen and oxygen atoms in total. The first-order valence-electron chi connectivity index (χ1n) is 13.7. The number of hydrogen-bond acceptors (Lipinski definition) is 3. The van der Waals surface area contributed by atoms with Crippen LogP contribution in [0.25, 0.3) is 33.6 Å². The standard InChI is InChI=1S/C37H29N3/c1-37(2)31-18-6-9-21-34(31)40(35-22-10-7-19-32(35)37)33-20-8-5-17-30(33)29-16-4-3-15-28(29)26-13-11-14-27(25-26)36-38-23-12-24-39-36/h3-25H,1-2H3. The van der Waals surface area contributed by atoms with Gasteiger partial charge >= 0.3 is 0 Å². The predicted molar refractivity (Wildman–Crippen MR) is 165 cm³/mol. The molecule has 0 radical (unpaired) electrons. The van der Waals surface area contributed by atoms with Crippen LogP contribution >= 0.6 is 0 Å². The fourth-order valence-electron chi connectivity index (χ4n) is 6.07. The van der Waals surface area contributed by atoms with Crippen molar-refractivity contribution in [2.45, 2.75) is 19.3 Å². The molecule has 3 heteroatoms. The largest absolute Gasteiger partial charge is 0.309 e. The summed E-state index contributed by atoms with van der Waals surface area (Å²) in [4.78, 5) is 11.4. The van der Waals surface area contributed by atoms with Gasteiger partial charge in [0, 0.05) is 28.9 Å². The van der Waals surface area contributed by atoms with Crippen LogP contribution in [0.4, 0.5) is 17.1 Å². The fraction of sp³-hybridized carbons (Fsp3) is 0.0811. The second kappa shape index (κ2) is 9.62. The van der Waals surface area contributed by atoms with E-state index in [2.05, 4.69) is 150 Å². The summed E-state index contributed by atoms with van der Waals surface area (Å²) in [6.45, 7) is 4.65. The van der Waals surface area contributed by atoms with E-state index in [1.54, 1.807) is 12.4 Å². The molecule has 1 aromatic heterocycles. The summed E-state index contributed by atoms with van der Waals surface area (Å²) < 4.78 is 0. The zero-order valence-corrected chi connectivity index (χ0v) is 22.6. The quantitative estimate of drug-likeness (QED) is 0.234. The molecular weight excluding hydrogens is 486 g/mol. The maximum absolute atomic E-state index is 4.48. The van der Waals surface area contributed by atoms with Gasteiger partial charge in [-0.15, -0.1) is 0 Å². The summed E-state index contributed by atoms with van der Waals surface area (Å²) in [6.07, 6.45) is 3.57. The molecule has 0 atom stereocenters. The van der Waals surface area contributed by atoms with E-state index >= 15 is 0 Å². The summed E-state index contributed by atoms with van der Waals surface area (Å²) in [5.41, 5.74) is 11.8. The number of para-hydroxylation sites is 3. The SMILES string of the molecule is CC1(C)c2ccccc2N(c2ccccc2-c2ccccc2-c2cccc(-c3ncccn3)c2)c2ccccc21. The van der Waals surface area contributed by atoms with Crippen LogP contribution in [0.1, 0.15) is 25.0 Å². The summed E-state index contributed by atoms with van der Waals surface area (Å²) in [6, 6.07) is 45.4. The molecule has 192 valence electrons. The van der Waals surface area contributed by atoms with Crippen molar-refractivity contribution in [3.8, 4) is 33.6 Å². The molecule has 5 aromatic carbocycles. The molecule has 7 rings (SSSR count). The van der Waals surface area contributed by atoms with Crippen molar-refractivity contribution in [3.05, 3.63) is 151 Å². The molecule has 0 saturated carbocycles. The van der Waals surface area contributed by atoms with E-state index in [4.69, 9.17) is 0 Å². The van der Waals surface area contributed by atoms with E-state index in [9.17, 15) is 0 Å². The molecule has 0 bridgehead atoms. The highest BCUT2D eigenvalue weighted by Gasteiger charge is 2.37. The van der Waals surface area contributed by atoms with Gasteiger partial charge in [0.1, 0.15) is 0 Å². The third-order valence-corrected chi connectivity index (χ3v) is 8.00. The van der Waals surface area contributed by atoms with Gasteiger partial charge in [0.2, 0.25) is 0 Å². The highest BCUT2D eigenvalue weighted by molar-refractivity contribution is 5.96. The van der Waals surface area contributed by atoms with Crippen molar-refractivity contribution in [1.82, 2.24) is 9.97 Å².